The molecule has 0 saturated heterocycles. The van der Waals surface area contributed by atoms with E-state index in [-0.39, 0.29) is 0 Å². The van der Waals surface area contributed by atoms with E-state index in [9.17, 15) is 0 Å². The van der Waals surface area contributed by atoms with E-state index >= 15 is 0 Å². The lowest BCUT2D eigenvalue weighted by atomic mass is 10.1. The van der Waals surface area contributed by atoms with Crippen molar-refractivity contribution in [3.05, 3.63) is 0 Å². The third kappa shape index (κ3) is 6.99. The Balaban J connectivity index is 4.32. The molecule has 0 amide bonds. The van der Waals surface area contributed by atoms with Gasteiger partial charge < -0.3 is 14.8 Å². The largest absolute Gasteiger partial charge is 0.383 e. The molecule has 104 valence electrons. The van der Waals surface area contributed by atoms with Gasteiger partial charge in [0.1, 0.15) is 0 Å². The summed E-state index contributed by atoms with van der Waals surface area (Å²) in [7, 11) is 5.50. The fourth-order valence-corrected chi connectivity index (χ4v) is 2.15. The van der Waals surface area contributed by atoms with Crippen molar-refractivity contribution >= 4 is 0 Å². The van der Waals surface area contributed by atoms with Gasteiger partial charge in [0, 0.05) is 39.4 Å². The zero-order valence-electron chi connectivity index (χ0n) is 12.2. The van der Waals surface area contributed by atoms with Crippen LogP contribution in [0.4, 0.5) is 0 Å². The van der Waals surface area contributed by atoms with Crippen LogP contribution < -0.4 is 5.32 Å². The van der Waals surface area contributed by atoms with Gasteiger partial charge in [0.15, 0.2) is 0 Å². The number of hydrogen-bond acceptors (Lipinski definition) is 4. The first-order chi connectivity index (χ1) is 8.23. The second-order valence-corrected chi connectivity index (χ2v) is 4.40. The van der Waals surface area contributed by atoms with Crippen molar-refractivity contribution < 1.29 is 9.47 Å². The minimum absolute atomic E-state index is 0.387. The Bertz CT molecular complexity index is 163. The van der Waals surface area contributed by atoms with Crippen LogP contribution in [0.25, 0.3) is 0 Å². The van der Waals surface area contributed by atoms with Crippen molar-refractivity contribution in [2.75, 3.05) is 47.6 Å². The molecule has 4 heteroatoms. The van der Waals surface area contributed by atoms with E-state index in [2.05, 4.69) is 24.1 Å². The van der Waals surface area contributed by atoms with E-state index in [0.717, 1.165) is 26.3 Å². The van der Waals surface area contributed by atoms with Gasteiger partial charge >= 0.3 is 0 Å². The highest BCUT2D eigenvalue weighted by molar-refractivity contribution is 4.75. The van der Waals surface area contributed by atoms with Crippen LogP contribution in [0.15, 0.2) is 0 Å². The molecule has 0 fully saturated rings. The van der Waals surface area contributed by atoms with Crippen LogP contribution in [0.5, 0.6) is 0 Å². The maximum atomic E-state index is 5.23. The number of rotatable bonds is 11. The van der Waals surface area contributed by atoms with E-state index in [1.54, 1.807) is 14.2 Å². The minimum atomic E-state index is 0.387. The Morgan fingerprint density at radius 1 is 1.12 bits per heavy atom. The van der Waals surface area contributed by atoms with Crippen LogP contribution in [0, 0.1) is 0 Å². The highest BCUT2D eigenvalue weighted by Crippen LogP contribution is 2.09. The van der Waals surface area contributed by atoms with Crippen LogP contribution in [0.2, 0.25) is 0 Å². The number of likely N-dealkylation sites (N-methyl/N-ethyl adjacent to an activating group) is 1. The topological polar surface area (TPSA) is 33.7 Å². The average molecular weight is 246 g/mol. The van der Waals surface area contributed by atoms with Gasteiger partial charge in [0.2, 0.25) is 0 Å². The fraction of sp³-hybridized carbons (Fsp3) is 1.00. The number of nitrogens with one attached hydrogen (secondary N) is 1. The summed E-state index contributed by atoms with van der Waals surface area (Å²) in [5.41, 5.74) is 0. The number of methoxy groups -OCH3 is 2. The van der Waals surface area contributed by atoms with Crippen LogP contribution in [0.3, 0.4) is 0 Å². The SMILES string of the molecule is CCC(CC)N(CCOC)CC(COC)NC. The number of hydrogen-bond donors (Lipinski definition) is 1. The Kier molecular flexibility index (Phi) is 10.9. The second-order valence-electron chi connectivity index (χ2n) is 4.40. The normalized spacial score (nSPS) is 13.6. The van der Waals surface area contributed by atoms with Crippen LogP contribution in [-0.2, 0) is 9.47 Å². The molecule has 0 aliphatic carbocycles. The predicted molar refractivity (Wildman–Crippen MR) is 72.5 cm³/mol. The summed E-state index contributed by atoms with van der Waals surface area (Å²) >= 11 is 0. The zero-order chi connectivity index (χ0) is 13.1. The summed E-state index contributed by atoms with van der Waals surface area (Å²) in [5, 5.41) is 3.31. The molecule has 0 aromatic rings. The van der Waals surface area contributed by atoms with Crippen molar-refractivity contribution in [1.82, 2.24) is 10.2 Å². The average Bonchev–Trinajstić information content (AvgIpc) is 2.36. The van der Waals surface area contributed by atoms with Crippen molar-refractivity contribution in [2.24, 2.45) is 0 Å². The summed E-state index contributed by atoms with van der Waals surface area (Å²) in [6, 6.07) is 1.02. The highest BCUT2D eigenvalue weighted by Gasteiger charge is 2.18. The predicted octanol–water partition coefficient (Wildman–Crippen LogP) is 1.36. The van der Waals surface area contributed by atoms with Crippen LogP contribution in [0.1, 0.15) is 26.7 Å². The smallest absolute Gasteiger partial charge is 0.0628 e. The van der Waals surface area contributed by atoms with Gasteiger partial charge in [-0.25, -0.2) is 0 Å². The molecule has 4 nitrogen and oxygen atoms in total. The molecular formula is C13H30N2O2. The maximum absolute atomic E-state index is 5.23. The molecule has 0 rings (SSSR count). The monoisotopic (exact) mass is 246 g/mol. The van der Waals surface area contributed by atoms with E-state index in [1.165, 1.54) is 12.8 Å². The molecule has 1 unspecified atom stereocenters. The van der Waals surface area contributed by atoms with Gasteiger partial charge in [-0.2, -0.15) is 0 Å². The molecule has 0 bridgehead atoms. The van der Waals surface area contributed by atoms with Crippen molar-refractivity contribution in [3.63, 3.8) is 0 Å². The Morgan fingerprint density at radius 3 is 2.18 bits per heavy atom. The molecule has 0 spiro atoms. The third-order valence-electron chi connectivity index (χ3n) is 3.27. The molecule has 17 heavy (non-hydrogen) atoms. The molecule has 0 heterocycles. The highest BCUT2D eigenvalue weighted by atomic mass is 16.5. The summed E-state index contributed by atoms with van der Waals surface area (Å²) in [5.74, 6) is 0. The number of nitrogens with zero attached hydrogens (tertiary/aromatic N) is 1. The molecule has 0 aliphatic rings. The summed E-state index contributed by atoms with van der Waals surface area (Å²) in [6.07, 6.45) is 2.37. The standard InChI is InChI=1S/C13H30N2O2/c1-6-13(7-2)15(8-9-16-4)10-12(14-3)11-17-5/h12-14H,6-11H2,1-5H3. The van der Waals surface area contributed by atoms with Gasteiger partial charge in [0.25, 0.3) is 0 Å². The number of ether oxygens (including phenoxy) is 2. The second kappa shape index (κ2) is 11.0. The van der Waals surface area contributed by atoms with Gasteiger partial charge in [-0.05, 0) is 19.9 Å². The van der Waals surface area contributed by atoms with E-state index < -0.39 is 0 Å². The Morgan fingerprint density at radius 2 is 1.76 bits per heavy atom. The summed E-state index contributed by atoms with van der Waals surface area (Å²) < 4.78 is 10.4. The molecule has 0 aliphatic heterocycles. The van der Waals surface area contributed by atoms with Gasteiger partial charge in [-0.1, -0.05) is 13.8 Å². The lowest BCUT2D eigenvalue weighted by Crippen LogP contribution is -2.47. The quantitative estimate of drug-likeness (QED) is 0.597. The first-order valence-corrected chi connectivity index (χ1v) is 6.62. The molecule has 0 aromatic heterocycles. The first kappa shape index (κ1) is 16.8. The van der Waals surface area contributed by atoms with Crippen LogP contribution >= 0.6 is 0 Å². The molecule has 0 aromatic carbocycles. The van der Waals surface area contributed by atoms with Crippen molar-refractivity contribution in [3.8, 4) is 0 Å². The van der Waals surface area contributed by atoms with Gasteiger partial charge in [-0.3, -0.25) is 4.90 Å². The fourth-order valence-electron chi connectivity index (χ4n) is 2.15. The third-order valence-corrected chi connectivity index (χ3v) is 3.27. The summed E-state index contributed by atoms with van der Waals surface area (Å²) in [6.45, 7) is 8.04. The van der Waals surface area contributed by atoms with Gasteiger partial charge in [0.05, 0.1) is 13.2 Å². The summed E-state index contributed by atoms with van der Waals surface area (Å²) in [4.78, 5) is 2.50. The molecule has 0 radical (unpaired) electrons. The first-order valence-electron chi connectivity index (χ1n) is 6.62. The zero-order valence-corrected chi connectivity index (χ0v) is 12.2. The Hall–Kier alpha value is -0.160. The van der Waals surface area contributed by atoms with Crippen LogP contribution in [-0.4, -0.2) is 64.6 Å². The van der Waals surface area contributed by atoms with E-state index in [4.69, 9.17) is 9.47 Å². The molecule has 0 saturated carbocycles. The molecular weight excluding hydrogens is 216 g/mol. The van der Waals surface area contributed by atoms with Crippen molar-refractivity contribution in [2.45, 2.75) is 38.8 Å². The maximum Gasteiger partial charge on any atom is 0.0628 e. The minimum Gasteiger partial charge on any atom is -0.383 e. The molecule has 1 atom stereocenters. The Labute approximate surface area is 107 Å². The van der Waals surface area contributed by atoms with E-state index in [1.807, 2.05) is 7.05 Å². The van der Waals surface area contributed by atoms with E-state index in [0.29, 0.717) is 12.1 Å². The lowest BCUT2D eigenvalue weighted by Gasteiger charge is -2.33. The lowest BCUT2D eigenvalue weighted by molar-refractivity contribution is 0.0877. The molecule has 1 N–H and O–H groups in total. The van der Waals surface area contributed by atoms with Crippen molar-refractivity contribution in [1.29, 1.82) is 0 Å². The van der Waals surface area contributed by atoms with Gasteiger partial charge in [-0.15, -0.1) is 0 Å².